The van der Waals surface area contributed by atoms with E-state index in [1.54, 1.807) is 0 Å². The van der Waals surface area contributed by atoms with Gasteiger partial charge in [0.15, 0.2) is 5.78 Å². The number of nitrogens with zero attached hydrogens (tertiary/aromatic N) is 1. The number of halogens is 1. The van der Waals surface area contributed by atoms with Gasteiger partial charge in [-0.25, -0.2) is 0 Å². The highest BCUT2D eigenvalue weighted by Gasteiger charge is 2.18. The Bertz CT molecular complexity index is 701. The van der Waals surface area contributed by atoms with Crippen molar-refractivity contribution in [3.8, 4) is 0 Å². The molecule has 0 radical (unpaired) electrons. The van der Waals surface area contributed by atoms with Gasteiger partial charge in [0.25, 0.3) is 0 Å². The summed E-state index contributed by atoms with van der Waals surface area (Å²) in [5.41, 5.74) is 2.10. The van der Waals surface area contributed by atoms with Crippen molar-refractivity contribution in [3.63, 3.8) is 0 Å². The van der Waals surface area contributed by atoms with E-state index >= 15 is 0 Å². The van der Waals surface area contributed by atoms with Gasteiger partial charge in [-0.1, -0.05) is 54.1 Å². The second-order valence-electron chi connectivity index (χ2n) is 6.22. The Kier molecular flexibility index (Phi) is 7.16. The fourth-order valence-electron chi connectivity index (χ4n) is 2.59. The average molecular weight is 359 g/mol. The molecule has 0 unspecified atom stereocenters. The highest BCUT2D eigenvalue weighted by atomic mass is 35.5. The molecule has 0 aliphatic rings. The predicted molar refractivity (Wildman–Crippen MR) is 101 cm³/mol. The third-order valence-electron chi connectivity index (χ3n) is 3.89. The molecule has 0 heterocycles. The Morgan fingerprint density at radius 2 is 1.68 bits per heavy atom. The number of carbonyl (C=O) groups is 2. The number of Topliss-reactive ketones (excluding diaryl/α,β-unsaturated/α-hetero) is 1. The van der Waals surface area contributed by atoms with Gasteiger partial charge in [-0.05, 0) is 43.7 Å². The van der Waals surface area contributed by atoms with Crippen LogP contribution in [0.25, 0.3) is 0 Å². The Balaban J connectivity index is 1.87. The quantitative estimate of drug-likeness (QED) is 0.789. The zero-order valence-electron chi connectivity index (χ0n) is 14.5. The fraction of sp³-hybridized carbons (Fsp3) is 0.300. The molecule has 1 N–H and O–H groups in total. The van der Waals surface area contributed by atoms with E-state index in [1.165, 1.54) is 6.92 Å². The van der Waals surface area contributed by atoms with Gasteiger partial charge >= 0.3 is 0 Å². The van der Waals surface area contributed by atoms with Crippen LogP contribution in [0.15, 0.2) is 54.6 Å². The van der Waals surface area contributed by atoms with E-state index in [2.05, 4.69) is 5.32 Å². The predicted octanol–water partition coefficient (Wildman–Crippen LogP) is 3.09. The molecule has 132 valence electrons. The highest BCUT2D eigenvalue weighted by Crippen LogP contribution is 2.11. The average Bonchev–Trinajstić information content (AvgIpc) is 2.57. The summed E-state index contributed by atoms with van der Waals surface area (Å²) in [7, 11) is 1.87. The van der Waals surface area contributed by atoms with Crippen molar-refractivity contribution in [1.82, 2.24) is 10.2 Å². The van der Waals surface area contributed by atoms with Crippen LogP contribution in [0.3, 0.4) is 0 Å². The van der Waals surface area contributed by atoms with E-state index in [1.807, 2.05) is 66.5 Å². The monoisotopic (exact) mass is 358 g/mol. The Labute approximate surface area is 153 Å². The molecule has 0 saturated heterocycles. The van der Waals surface area contributed by atoms with Gasteiger partial charge < -0.3 is 5.32 Å². The number of nitrogens with one attached hydrogen (secondary N) is 1. The maximum absolute atomic E-state index is 12.3. The summed E-state index contributed by atoms with van der Waals surface area (Å²) < 4.78 is 0. The maximum atomic E-state index is 12.3. The number of rotatable bonds is 8. The van der Waals surface area contributed by atoms with E-state index in [-0.39, 0.29) is 18.2 Å². The lowest BCUT2D eigenvalue weighted by Gasteiger charge is -2.20. The zero-order valence-corrected chi connectivity index (χ0v) is 15.3. The van der Waals surface area contributed by atoms with Crippen molar-refractivity contribution in [1.29, 1.82) is 0 Å². The molecule has 2 aromatic carbocycles. The molecule has 0 fully saturated rings. The molecule has 2 rings (SSSR count). The molecule has 0 aliphatic carbocycles. The Hall–Kier alpha value is -2.17. The fourth-order valence-corrected chi connectivity index (χ4v) is 2.71. The number of ketones is 1. The molecular formula is C20H23ClN2O2. The molecule has 0 spiro atoms. The molecular weight excluding hydrogens is 336 g/mol. The minimum Gasteiger partial charge on any atom is -0.345 e. The molecule has 2 aromatic rings. The molecule has 0 bridgehead atoms. The minimum atomic E-state index is -0.501. The zero-order chi connectivity index (χ0) is 18.2. The summed E-state index contributed by atoms with van der Waals surface area (Å²) >= 11 is 5.88. The topological polar surface area (TPSA) is 49.4 Å². The summed E-state index contributed by atoms with van der Waals surface area (Å²) in [6, 6.07) is 16.7. The van der Waals surface area contributed by atoms with Crippen molar-refractivity contribution in [3.05, 3.63) is 70.7 Å². The van der Waals surface area contributed by atoms with Gasteiger partial charge in [0.05, 0.1) is 12.6 Å². The van der Waals surface area contributed by atoms with E-state index < -0.39 is 6.04 Å². The number of benzene rings is 2. The molecule has 5 heteroatoms. The lowest BCUT2D eigenvalue weighted by Crippen LogP contribution is -2.45. The molecule has 0 saturated carbocycles. The van der Waals surface area contributed by atoms with E-state index in [0.717, 1.165) is 11.1 Å². The van der Waals surface area contributed by atoms with Gasteiger partial charge in [-0.15, -0.1) is 0 Å². The van der Waals surface area contributed by atoms with Gasteiger partial charge in [0.1, 0.15) is 0 Å². The Morgan fingerprint density at radius 3 is 2.28 bits per heavy atom. The SMILES string of the molecule is CC(=O)[C@H](Cc1ccccc1)NC(=O)CN(C)Cc1ccc(Cl)cc1. The van der Waals surface area contributed by atoms with Crippen LogP contribution < -0.4 is 5.32 Å². The van der Waals surface area contributed by atoms with Crippen molar-refractivity contribution in [2.75, 3.05) is 13.6 Å². The van der Waals surface area contributed by atoms with Crippen molar-refractivity contribution < 1.29 is 9.59 Å². The number of hydrogen-bond acceptors (Lipinski definition) is 3. The summed E-state index contributed by atoms with van der Waals surface area (Å²) in [5, 5.41) is 3.53. The number of amides is 1. The first-order valence-corrected chi connectivity index (χ1v) is 8.58. The lowest BCUT2D eigenvalue weighted by molar-refractivity contribution is -0.127. The summed E-state index contributed by atoms with van der Waals surface area (Å²) in [6.07, 6.45) is 0.503. The molecule has 25 heavy (non-hydrogen) atoms. The van der Waals surface area contributed by atoms with Crippen molar-refractivity contribution >= 4 is 23.3 Å². The van der Waals surface area contributed by atoms with Crippen LogP contribution in [0.2, 0.25) is 5.02 Å². The molecule has 0 aromatic heterocycles. The largest absolute Gasteiger partial charge is 0.345 e. The summed E-state index contributed by atoms with van der Waals surface area (Å²) in [6.45, 7) is 2.36. The van der Waals surface area contributed by atoms with Crippen LogP contribution in [0.1, 0.15) is 18.1 Å². The van der Waals surface area contributed by atoms with Gasteiger partial charge in [-0.3, -0.25) is 14.5 Å². The Morgan fingerprint density at radius 1 is 1.04 bits per heavy atom. The number of carbonyl (C=O) groups excluding carboxylic acids is 2. The van der Waals surface area contributed by atoms with Crippen LogP contribution in [0.5, 0.6) is 0 Å². The van der Waals surface area contributed by atoms with E-state index in [9.17, 15) is 9.59 Å². The van der Waals surface area contributed by atoms with Crippen molar-refractivity contribution in [2.45, 2.75) is 25.9 Å². The number of likely N-dealkylation sites (N-methyl/N-ethyl adjacent to an activating group) is 1. The van der Waals surface area contributed by atoms with Gasteiger partial charge in [0, 0.05) is 11.6 Å². The van der Waals surface area contributed by atoms with Crippen molar-refractivity contribution in [2.24, 2.45) is 0 Å². The van der Waals surface area contributed by atoms with Crippen LogP contribution >= 0.6 is 11.6 Å². The molecule has 4 nitrogen and oxygen atoms in total. The van der Waals surface area contributed by atoms with E-state index in [4.69, 9.17) is 11.6 Å². The lowest BCUT2D eigenvalue weighted by atomic mass is 10.0. The second-order valence-corrected chi connectivity index (χ2v) is 6.66. The van der Waals surface area contributed by atoms with Gasteiger partial charge in [0.2, 0.25) is 5.91 Å². The normalized spacial score (nSPS) is 12.0. The summed E-state index contributed by atoms with van der Waals surface area (Å²) in [5.74, 6) is -0.204. The van der Waals surface area contributed by atoms with Crippen LogP contribution in [0.4, 0.5) is 0 Å². The third-order valence-corrected chi connectivity index (χ3v) is 4.14. The second kappa shape index (κ2) is 9.35. The smallest absolute Gasteiger partial charge is 0.234 e. The standard InChI is InChI=1S/C20H23ClN2O2/c1-15(24)19(12-16-6-4-3-5-7-16)22-20(25)14-23(2)13-17-8-10-18(21)11-9-17/h3-11,19H,12-14H2,1-2H3,(H,22,25)/t19-/m0/s1. The first-order chi connectivity index (χ1) is 11.9. The van der Waals surface area contributed by atoms with Gasteiger partial charge in [-0.2, -0.15) is 0 Å². The van der Waals surface area contributed by atoms with Crippen LogP contribution in [0, 0.1) is 0 Å². The minimum absolute atomic E-state index is 0.0439. The summed E-state index contributed by atoms with van der Waals surface area (Å²) in [4.78, 5) is 26.0. The van der Waals surface area contributed by atoms with E-state index in [0.29, 0.717) is 18.0 Å². The first kappa shape index (κ1) is 19.2. The maximum Gasteiger partial charge on any atom is 0.234 e. The third kappa shape index (κ3) is 6.69. The molecule has 1 amide bonds. The first-order valence-electron chi connectivity index (χ1n) is 8.21. The van der Waals surface area contributed by atoms with Crippen LogP contribution in [-0.2, 0) is 22.6 Å². The molecule has 1 atom stereocenters. The number of hydrogen-bond donors (Lipinski definition) is 1. The highest BCUT2D eigenvalue weighted by molar-refractivity contribution is 6.30. The van der Waals surface area contributed by atoms with Crippen LogP contribution in [-0.4, -0.2) is 36.2 Å². The molecule has 0 aliphatic heterocycles.